The molecule has 94 heavy (non-hydrogen) atoms. The summed E-state index contributed by atoms with van der Waals surface area (Å²) in [6.07, 6.45) is -43.4. The standard InChI is InChI=1S/C63H102O31/c1-23-34(70)38(74)42(78)53(86-23)91-47-32(89-51-41(77)35(71)29(68)19-83-51)21-85-52(45(47)81)90-46-24(2)87-54(44(80)40(46)76)92-48-36(72)30(69)20-84-56(48)94-57(82)63-13-11-58(3,4)15-26(63)25-9-10-33-59(5)16-28(67)50(93-55-43(79)39(75)37(73)31(18-64)88-55)60(6,22-65)49(59)27(66)17-62(33,8)61(25,7)12-14-63/h9,23-24,26-56,64-81H,10-22H2,1-8H3/t23-,24+,26+,27?,28-,29-,30+,31-,32-,33?,34-,35+,36+,37-,38+,39+,40+,41-,42+,43-,44-,45-,46+,47+,48-,49?,50-,51+,52+,53-,54+,55+,56+,59-,60+,61-,62-,63+/m1/s1. The van der Waals surface area contributed by atoms with E-state index in [1.807, 2.05) is 6.92 Å². The summed E-state index contributed by atoms with van der Waals surface area (Å²) in [6.45, 7) is 12.3. The minimum Gasteiger partial charge on any atom is -0.432 e. The quantitative estimate of drug-likeness (QED) is 0.0438. The highest BCUT2D eigenvalue weighted by molar-refractivity contribution is 5.79. The van der Waals surface area contributed by atoms with Gasteiger partial charge in [-0.25, -0.2) is 0 Å². The Morgan fingerprint density at radius 1 is 0.500 bits per heavy atom. The first-order valence-electron chi connectivity index (χ1n) is 33.1. The molecule has 0 aromatic heterocycles. The number of aliphatic hydroxyl groups is 18. The molecule has 4 saturated carbocycles. The highest BCUT2D eigenvalue weighted by Crippen LogP contribution is 2.76. The van der Waals surface area contributed by atoms with Gasteiger partial charge in [0.25, 0.3) is 0 Å². The maximum Gasteiger partial charge on any atom is 0.315 e. The van der Waals surface area contributed by atoms with Crippen LogP contribution in [-0.2, 0) is 61.6 Å². The molecule has 3 unspecified atom stereocenters. The summed E-state index contributed by atoms with van der Waals surface area (Å²) in [5.74, 6) is -2.01. The molecule has 0 amide bonds. The van der Waals surface area contributed by atoms with Crippen LogP contribution in [0.4, 0.5) is 0 Å². The fourth-order valence-electron chi connectivity index (χ4n) is 18.8. The van der Waals surface area contributed by atoms with Crippen LogP contribution in [0.5, 0.6) is 0 Å². The van der Waals surface area contributed by atoms with Crippen LogP contribution in [0.2, 0.25) is 0 Å². The van der Waals surface area contributed by atoms with E-state index in [9.17, 15) is 91.9 Å². The third-order valence-corrected chi connectivity index (χ3v) is 24.4. The lowest BCUT2D eigenvalue weighted by molar-refractivity contribution is -0.386. The predicted molar refractivity (Wildman–Crippen MR) is 311 cm³/mol. The van der Waals surface area contributed by atoms with Gasteiger partial charge in [0.1, 0.15) is 110 Å². The second-order valence-corrected chi connectivity index (χ2v) is 30.7. The van der Waals surface area contributed by atoms with Gasteiger partial charge in [0.2, 0.25) is 6.29 Å². The molecular formula is C63H102O31. The molecule has 6 aliphatic heterocycles. The molecule has 10 fully saturated rings. The number of fused-ring (bicyclic) bond motifs is 7. The number of carbonyl (C=O) groups excluding carboxylic acids is 1. The van der Waals surface area contributed by atoms with Gasteiger partial charge in [-0.3, -0.25) is 4.79 Å². The number of esters is 1. The number of allylic oxidation sites excluding steroid dienone is 2. The van der Waals surface area contributed by atoms with E-state index in [0.29, 0.717) is 38.5 Å². The second kappa shape index (κ2) is 27.1. The molecule has 0 radical (unpaired) electrons. The van der Waals surface area contributed by atoms with Gasteiger partial charge in [0, 0.05) is 11.3 Å². The van der Waals surface area contributed by atoms with Crippen molar-refractivity contribution in [3.63, 3.8) is 0 Å². The molecule has 31 heteroatoms. The van der Waals surface area contributed by atoms with Crippen LogP contribution < -0.4 is 0 Å². The van der Waals surface area contributed by atoms with Crippen LogP contribution in [0.1, 0.15) is 107 Å². The van der Waals surface area contributed by atoms with Crippen LogP contribution in [-0.4, -0.2) is 315 Å². The molecule has 5 aliphatic carbocycles. The van der Waals surface area contributed by atoms with E-state index >= 15 is 4.79 Å². The summed E-state index contributed by atoms with van der Waals surface area (Å²) in [5.41, 5.74) is -4.02. The Morgan fingerprint density at radius 3 is 1.71 bits per heavy atom. The van der Waals surface area contributed by atoms with Crippen LogP contribution in [0.15, 0.2) is 11.6 Å². The molecule has 38 atom stereocenters. The molecule has 11 rings (SSSR count). The van der Waals surface area contributed by atoms with Crippen molar-refractivity contribution in [3.05, 3.63) is 11.6 Å². The smallest absolute Gasteiger partial charge is 0.315 e. The third-order valence-electron chi connectivity index (χ3n) is 24.4. The van der Waals surface area contributed by atoms with E-state index in [0.717, 1.165) is 5.57 Å². The maximum absolute atomic E-state index is 15.5. The zero-order valence-electron chi connectivity index (χ0n) is 54.2. The lowest BCUT2D eigenvalue weighted by atomic mass is 9.33. The Hall–Kier alpha value is -1.95. The first-order chi connectivity index (χ1) is 44.0. The Labute approximate surface area is 543 Å². The molecule has 6 heterocycles. The molecule has 11 aliphatic rings. The van der Waals surface area contributed by atoms with Crippen molar-refractivity contribution >= 4 is 5.97 Å². The number of rotatable bonds is 14. The molecule has 0 bridgehead atoms. The van der Waals surface area contributed by atoms with E-state index < -0.39 is 262 Å². The van der Waals surface area contributed by atoms with Crippen molar-refractivity contribution < 1.29 is 154 Å². The van der Waals surface area contributed by atoms with E-state index in [1.165, 1.54) is 13.8 Å². The van der Waals surface area contributed by atoms with Crippen molar-refractivity contribution in [2.24, 2.45) is 50.2 Å². The zero-order chi connectivity index (χ0) is 68.6. The summed E-state index contributed by atoms with van der Waals surface area (Å²) in [5, 5.41) is 199. The molecule has 0 aromatic carbocycles. The van der Waals surface area contributed by atoms with Gasteiger partial charge in [0.15, 0.2) is 37.6 Å². The Kier molecular flexibility index (Phi) is 21.1. The van der Waals surface area contributed by atoms with Crippen LogP contribution in [0.25, 0.3) is 0 Å². The highest BCUT2D eigenvalue weighted by Gasteiger charge is 2.74. The minimum absolute atomic E-state index is 0.0866. The molecular weight excluding hydrogens is 1250 g/mol. The fourth-order valence-corrected chi connectivity index (χ4v) is 18.8. The third kappa shape index (κ3) is 12.3. The average molecular weight is 1360 g/mol. The summed E-state index contributed by atoms with van der Waals surface area (Å²) < 4.78 is 71.5. The van der Waals surface area contributed by atoms with Crippen molar-refractivity contribution in [1.29, 1.82) is 0 Å². The zero-order valence-corrected chi connectivity index (χ0v) is 54.2. The van der Waals surface area contributed by atoms with Gasteiger partial charge in [-0.05, 0) is 98.7 Å². The molecule has 6 saturated heterocycles. The van der Waals surface area contributed by atoms with Crippen molar-refractivity contribution in [2.45, 2.75) is 291 Å². The first-order valence-corrected chi connectivity index (χ1v) is 33.1. The van der Waals surface area contributed by atoms with E-state index in [1.54, 1.807) is 6.92 Å². The number of hydrogen-bond donors (Lipinski definition) is 18. The maximum atomic E-state index is 15.5. The Balaban J connectivity index is 0.794. The van der Waals surface area contributed by atoms with Gasteiger partial charge in [-0.2, -0.15) is 0 Å². The second-order valence-electron chi connectivity index (χ2n) is 30.7. The van der Waals surface area contributed by atoms with Gasteiger partial charge >= 0.3 is 5.97 Å². The van der Waals surface area contributed by atoms with Crippen LogP contribution in [0, 0.1) is 50.2 Å². The van der Waals surface area contributed by atoms with Crippen LogP contribution in [0.3, 0.4) is 0 Å². The lowest BCUT2D eigenvalue weighted by Crippen LogP contribution is -2.72. The molecule has 540 valence electrons. The van der Waals surface area contributed by atoms with Gasteiger partial charge in [0.05, 0.1) is 69.0 Å². The molecule has 31 nitrogen and oxygen atoms in total. The number of carbonyl (C=O) groups is 1. The Morgan fingerprint density at radius 2 is 1.05 bits per heavy atom. The largest absolute Gasteiger partial charge is 0.432 e. The number of aliphatic hydroxyl groups excluding tert-OH is 18. The number of hydrogen-bond acceptors (Lipinski definition) is 31. The monoisotopic (exact) mass is 1350 g/mol. The molecule has 0 spiro atoms. The first kappa shape index (κ1) is 73.3. The molecule has 18 N–H and O–H groups in total. The van der Waals surface area contributed by atoms with Gasteiger partial charge in [-0.1, -0.05) is 53.2 Å². The van der Waals surface area contributed by atoms with Crippen molar-refractivity contribution in [1.82, 2.24) is 0 Å². The molecule has 0 aromatic rings. The van der Waals surface area contributed by atoms with E-state index in [2.05, 4.69) is 33.8 Å². The van der Waals surface area contributed by atoms with Crippen molar-refractivity contribution in [2.75, 3.05) is 33.0 Å². The topological polar surface area (TPSA) is 492 Å². The Bertz CT molecular complexity index is 2660. The summed E-state index contributed by atoms with van der Waals surface area (Å²) >= 11 is 0. The predicted octanol–water partition coefficient (Wildman–Crippen LogP) is -5.50. The fraction of sp³-hybridized carbons (Fsp3) is 0.952. The van der Waals surface area contributed by atoms with Gasteiger partial charge < -0.3 is 149 Å². The van der Waals surface area contributed by atoms with Gasteiger partial charge in [-0.15, -0.1) is 0 Å². The van der Waals surface area contributed by atoms with Crippen molar-refractivity contribution in [3.8, 4) is 0 Å². The summed E-state index contributed by atoms with van der Waals surface area (Å²) in [7, 11) is 0. The van der Waals surface area contributed by atoms with E-state index in [-0.39, 0.29) is 24.2 Å². The lowest BCUT2D eigenvalue weighted by Gasteiger charge is -2.72. The summed E-state index contributed by atoms with van der Waals surface area (Å²) in [6, 6.07) is 0. The number of ether oxygens (including phenoxy) is 12. The average Bonchev–Trinajstić information content (AvgIpc) is 0.669. The minimum atomic E-state index is -2.03. The van der Waals surface area contributed by atoms with Crippen LogP contribution >= 0.6 is 0 Å². The normalized spacial score (nSPS) is 56.1. The van der Waals surface area contributed by atoms with E-state index in [4.69, 9.17) is 56.8 Å². The summed E-state index contributed by atoms with van der Waals surface area (Å²) in [4.78, 5) is 15.5. The highest BCUT2D eigenvalue weighted by atomic mass is 16.8. The SMILES string of the molecule is C[C@@H]1O[C@@H](O[C@H]2[C@H](OC(=O)[C@]34CCC(C)(C)C[C@H]3C3=CCC5[C@@]6(C)C[C@@H](O)[C@@H](O[C@@H]7O[C@H](CO)[C@@H](O)[C@H](O)[C@H]7O)[C@@](C)(CO)C6C(O)C[C@@]5(C)[C@]3(C)CC4)OC[C@H](O)[C@@H]2O)[C@H](O)[C@H](O)[C@H]1O[C@@H]1OC[C@@H](O[C@@H]2OC[C@@H](O)[C@H](O)[C@H]2O)[C@H](O[C@H]2O[C@H](C)[C@@H](O)[C@H](O)[C@@H]2O)[C@H]1O.